The van der Waals surface area contributed by atoms with E-state index in [1.165, 1.54) is 6.42 Å². The molecule has 0 radical (unpaired) electrons. The van der Waals surface area contributed by atoms with Crippen LogP contribution >= 0.6 is 0 Å². The number of aliphatic hydroxyl groups is 1. The maximum Gasteiger partial charge on any atom is 0.0626 e. The van der Waals surface area contributed by atoms with Gasteiger partial charge in [0.2, 0.25) is 0 Å². The third kappa shape index (κ3) is 4.02. The highest BCUT2D eigenvalue weighted by Gasteiger charge is 2.09. The Morgan fingerprint density at radius 3 is 2.47 bits per heavy atom. The second kappa shape index (κ2) is 6.59. The van der Waals surface area contributed by atoms with Crippen LogP contribution in [0.15, 0.2) is 30.3 Å². The lowest BCUT2D eigenvalue weighted by molar-refractivity contribution is 0.239. The molecule has 2 atom stereocenters. The quantitative estimate of drug-likeness (QED) is 0.750. The molecule has 0 aliphatic rings. The molecule has 0 aromatic heterocycles. The molecule has 0 fully saturated rings. The summed E-state index contributed by atoms with van der Waals surface area (Å²) in [7, 11) is 0. The lowest BCUT2D eigenvalue weighted by atomic mass is 10.1. The molecule has 2 nitrogen and oxygen atoms in total. The summed E-state index contributed by atoms with van der Waals surface area (Å²) >= 11 is 0. The Morgan fingerprint density at radius 2 is 1.93 bits per heavy atom. The van der Waals surface area contributed by atoms with E-state index in [0.29, 0.717) is 5.92 Å². The van der Waals surface area contributed by atoms with Gasteiger partial charge in [0, 0.05) is 0 Å². The van der Waals surface area contributed by atoms with E-state index in [9.17, 15) is 5.11 Å². The highest BCUT2D eigenvalue weighted by atomic mass is 16.3. The Morgan fingerprint density at radius 1 is 1.27 bits per heavy atom. The molecule has 1 aromatic rings. The average molecular weight is 207 g/mol. The minimum absolute atomic E-state index is 0.0696. The summed E-state index contributed by atoms with van der Waals surface area (Å²) < 4.78 is 0. The van der Waals surface area contributed by atoms with E-state index in [-0.39, 0.29) is 12.6 Å². The molecule has 1 unspecified atom stereocenters. The van der Waals surface area contributed by atoms with Gasteiger partial charge in [-0.25, -0.2) is 0 Å². The second-order valence-electron chi connectivity index (χ2n) is 4.07. The molecule has 0 heterocycles. The van der Waals surface area contributed by atoms with Crippen LogP contribution in [0.1, 0.15) is 31.9 Å². The molecule has 0 bridgehead atoms. The van der Waals surface area contributed by atoms with Crippen molar-refractivity contribution < 1.29 is 5.11 Å². The second-order valence-corrected chi connectivity index (χ2v) is 4.07. The van der Waals surface area contributed by atoms with Gasteiger partial charge in [0.25, 0.3) is 0 Å². The summed E-state index contributed by atoms with van der Waals surface area (Å²) in [6.07, 6.45) is 1.17. The SMILES string of the molecule is CCC(C)CN[C@H](CO)c1ccccc1. The maximum atomic E-state index is 9.30. The van der Waals surface area contributed by atoms with Crippen LogP contribution in [-0.4, -0.2) is 18.3 Å². The number of hydrogen-bond acceptors (Lipinski definition) is 2. The zero-order valence-electron chi connectivity index (χ0n) is 9.61. The number of hydrogen-bond donors (Lipinski definition) is 2. The van der Waals surface area contributed by atoms with Gasteiger partial charge in [-0.2, -0.15) is 0 Å². The van der Waals surface area contributed by atoms with Gasteiger partial charge in [-0.1, -0.05) is 50.6 Å². The Hall–Kier alpha value is -0.860. The highest BCUT2D eigenvalue weighted by Crippen LogP contribution is 2.12. The van der Waals surface area contributed by atoms with Crippen LogP contribution in [0.2, 0.25) is 0 Å². The molecular weight excluding hydrogens is 186 g/mol. The Balaban J connectivity index is 2.50. The van der Waals surface area contributed by atoms with E-state index in [2.05, 4.69) is 19.2 Å². The number of rotatable bonds is 6. The number of nitrogens with one attached hydrogen (secondary N) is 1. The summed E-state index contributed by atoms with van der Waals surface area (Å²) in [6.45, 7) is 5.51. The fraction of sp³-hybridized carbons (Fsp3) is 0.538. The standard InChI is InChI=1S/C13H21NO/c1-3-11(2)9-14-13(10-15)12-7-5-4-6-8-12/h4-8,11,13-15H,3,9-10H2,1-2H3/t11?,13-/m1/s1. The normalized spacial score (nSPS) is 14.9. The average Bonchev–Trinajstić information content (AvgIpc) is 2.31. The van der Waals surface area contributed by atoms with Crippen molar-refractivity contribution in [1.29, 1.82) is 0 Å². The summed E-state index contributed by atoms with van der Waals surface area (Å²) in [5.41, 5.74) is 1.16. The van der Waals surface area contributed by atoms with Crippen molar-refractivity contribution in [2.75, 3.05) is 13.2 Å². The molecule has 0 amide bonds. The van der Waals surface area contributed by atoms with E-state index >= 15 is 0 Å². The van der Waals surface area contributed by atoms with E-state index in [1.54, 1.807) is 0 Å². The monoisotopic (exact) mass is 207 g/mol. The van der Waals surface area contributed by atoms with Crippen molar-refractivity contribution >= 4 is 0 Å². The summed E-state index contributed by atoms with van der Waals surface area (Å²) in [4.78, 5) is 0. The molecule has 84 valence electrons. The molecule has 0 aliphatic carbocycles. The van der Waals surface area contributed by atoms with Crippen LogP contribution in [-0.2, 0) is 0 Å². The van der Waals surface area contributed by atoms with Crippen LogP contribution in [0.5, 0.6) is 0 Å². The van der Waals surface area contributed by atoms with Crippen molar-refractivity contribution in [1.82, 2.24) is 5.32 Å². The maximum absolute atomic E-state index is 9.30. The van der Waals surface area contributed by atoms with Crippen LogP contribution < -0.4 is 5.32 Å². The Labute approximate surface area is 92.3 Å². The van der Waals surface area contributed by atoms with Crippen molar-refractivity contribution in [2.45, 2.75) is 26.3 Å². The van der Waals surface area contributed by atoms with Gasteiger partial charge in [-0.15, -0.1) is 0 Å². The third-order valence-electron chi connectivity index (χ3n) is 2.79. The van der Waals surface area contributed by atoms with Crippen molar-refractivity contribution in [3.63, 3.8) is 0 Å². The topological polar surface area (TPSA) is 32.3 Å². The van der Waals surface area contributed by atoms with Crippen molar-refractivity contribution in [2.24, 2.45) is 5.92 Å². The van der Waals surface area contributed by atoms with Crippen LogP contribution in [0.25, 0.3) is 0 Å². The van der Waals surface area contributed by atoms with Gasteiger partial charge < -0.3 is 10.4 Å². The first-order chi connectivity index (χ1) is 7.27. The summed E-state index contributed by atoms with van der Waals surface area (Å²) in [6, 6.07) is 10.2. The van der Waals surface area contributed by atoms with Gasteiger partial charge in [0.05, 0.1) is 12.6 Å². The third-order valence-corrected chi connectivity index (χ3v) is 2.79. The summed E-state index contributed by atoms with van der Waals surface area (Å²) in [5, 5.41) is 12.7. The first-order valence-electron chi connectivity index (χ1n) is 5.67. The van der Waals surface area contributed by atoms with Crippen LogP contribution in [0, 0.1) is 5.92 Å². The number of benzene rings is 1. The van der Waals surface area contributed by atoms with Gasteiger partial charge in [-0.05, 0) is 18.0 Å². The molecule has 0 saturated carbocycles. The fourth-order valence-corrected chi connectivity index (χ4v) is 1.46. The molecule has 0 aliphatic heterocycles. The smallest absolute Gasteiger partial charge is 0.0626 e. The Kier molecular flexibility index (Phi) is 5.37. The molecule has 0 spiro atoms. The molecule has 2 N–H and O–H groups in total. The minimum Gasteiger partial charge on any atom is -0.394 e. The van der Waals surface area contributed by atoms with Gasteiger partial charge in [-0.3, -0.25) is 0 Å². The molecular formula is C13H21NO. The van der Waals surface area contributed by atoms with Crippen molar-refractivity contribution in [3.8, 4) is 0 Å². The largest absolute Gasteiger partial charge is 0.394 e. The van der Waals surface area contributed by atoms with Gasteiger partial charge >= 0.3 is 0 Å². The Bertz CT molecular complexity index is 260. The molecule has 1 aromatic carbocycles. The zero-order valence-corrected chi connectivity index (χ0v) is 9.61. The lowest BCUT2D eigenvalue weighted by Crippen LogP contribution is -2.28. The van der Waals surface area contributed by atoms with Gasteiger partial charge in [0.15, 0.2) is 0 Å². The predicted octanol–water partition coefficient (Wildman–Crippen LogP) is 2.36. The van der Waals surface area contributed by atoms with E-state index in [0.717, 1.165) is 12.1 Å². The predicted molar refractivity (Wildman–Crippen MR) is 63.7 cm³/mol. The first-order valence-corrected chi connectivity index (χ1v) is 5.67. The van der Waals surface area contributed by atoms with Crippen LogP contribution in [0.4, 0.5) is 0 Å². The van der Waals surface area contributed by atoms with E-state index in [1.807, 2.05) is 30.3 Å². The highest BCUT2D eigenvalue weighted by molar-refractivity contribution is 5.18. The van der Waals surface area contributed by atoms with Crippen molar-refractivity contribution in [3.05, 3.63) is 35.9 Å². The van der Waals surface area contributed by atoms with E-state index in [4.69, 9.17) is 0 Å². The summed E-state index contributed by atoms with van der Waals surface area (Å²) in [5.74, 6) is 0.655. The van der Waals surface area contributed by atoms with Crippen LogP contribution in [0.3, 0.4) is 0 Å². The zero-order chi connectivity index (χ0) is 11.1. The first kappa shape index (κ1) is 12.2. The molecule has 15 heavy (non-hydrogen) atoms. The lowest BCUT2D eigenvalue weighted by Gasteiger charge is -2.19. The van der Waals surface area contributed by atoms with E-state index < -0.39 is 0 Å². The molecule has 2 heteroatoms. The number of aliphatic hydroxyl groups excluding tert-OH is 1. The van der Waals surface area contributed by atoms with Gasteiger partial charge in [0.1, 0.15) is 0 Å². The molecule has 0 saturated heterocycles. The minimum atomic E-state index is 0.0696. The fourth-order valence-electron chi connectivity index (χ4n) is 1.46. The molecule has 1 rings (SSSR count).